The Morgan fingerprint density at radius 2 is 1.92 bits per heavy atom. The van der Waals surface area contributed by atoms with E-state index in [4.69, 9.17) is 0 Å². The van der Waals surface area contributed by atoms with E-state index in [0.717, 1.165) is 11.1 Å². The predicted octanol–water partition coefficient (Wildman–Crippen LogP) is 1.44. The lowest BCUT2D eigenvalue weighted by atomic mass is 10.0. The van der Waals surface area contributed by atoms with Crippen LogP contribution < -0.4 is 16.0 Å². The number of nitrogens with zero attached hydrogens (tertiary/aromatic N) is 1. The zero-order valence-electron chi connectivity index (χ0n) is 13.4. The standard InChI is InChI=1S/C18H20N4O2/c1-12(13-7-9-19-10-8-13)20-18(24)15-11-16(23)22-17(21-15)14-5-3-2-4-6-14/h2-10,12,15,17,21H,11H2,1H3,(H,20,24)(H,22,23). The Bertz CT molecular complexity index is 705. The third-order valence-corrected chi connectivity index (χ3v) is 4.08. The fourth-order valence-electron chi connectivity index (χ4n) is 2.75. The van der Waals surface area contributed by atoms with E-state index in [1.165, 1.54) is 0 Å². The van der Waals surface area contributed by atoms with Crippen LogP contribution in [0.25, 0.3) is 0 Å². The molecule has 1 saturated heterocycles. The Morgan fingerprint density at radius 1 is 1.21 bits per heavy atom. The van der Waals surface area contributed by atoms with Gasteiger partial charge in [0.2, 0.25) is 11.8 Å². The van der Waals surface area contributed by atoms with E-state index in [9.17, 15) is 9.59 Å². The van der Waals surface area contributed by atoms with Crippen molar-refractivity contribution in [2.24, 2.45) is 0 Å². The van der Waals surface area contributed by atoms with Crippen molar-refractivity contribution < 1.29 is 9.59 Å². The smallest absolute Gasteiger partial charge is 0.238 e. The fraction of sp³-hybridized carbons (Fsp3) is 0.278. The van der Waals surface area contributed by atoms with Crippen molar-refractivity contribution >= 4 is 11.8 Å². The molecule has 1 aliphatic heterocycles. The van der Waals surface area contributed by atoms with Crippen molar-refractivity contribution in [3.8, 4) is 0 Å². The second kappa shape index (κ2) is 7.23. The maximum absolute atomic E-state index is 12.5. The number of aromatic nitrogens is 1. The highest BCUT2D eigenvalue weighted by Gasteiger charge is 2.31. The molecule has 0 aliphatic carbocycles. The number of pyridine rings is 1. The van der Waals surface area contributed by atoms with Crippen LogP contribution in [0.4, 0.5) is 0 Å². The van der Waals surface area contributed by atoms with Crippen LogP contribution in [0.5, 0.6) is 0 Å². The van der Waals surface area contributed by atoms with Crippen molar-refractivity contribution in [2.75, 3.05) is 0 Å². The summed E-state index contributed by atoms with van der Waals surface area (Å²) in [4.78, 5) is 28.5. The van der Waals surface area contributed by atoms with Gasteiger partial charge in [0.05, 0.1) is 18.5 Å². The number of carbonyl (C=O) groups is 2. The normalized spacial score (nSPS) is 21.6. The first kappa shape index (κ1) is 16.1. The number of carbonyl (C=O) groups excluding carboxylic acids is 2. The van der Waals surface area contributed by atoms with Crippen LogP contribution in [0.1, 0.15) is 36.7 Å². The van der Waals surface area contributed by atoms with Gasteiger partial charge < -0.3 is 10.6 Å². The number of nitrogens with one attached hydrogen (secondary N) is 3. The zero-order valence-corrected chi connectivity index (χ0v) is 13.4. The van der Waals surface area contributed by atoms with E-state index in [1.807, 2.05) is 49.4 Å². The van der Waals surface area contributed by atoms with Crippen molar-refractivity contribution in [3.63, 3.8) is 0 Å². The van der Waals surface area contributed by atoms with E-state index in [-0.39, 0.29) is 30.4 Å². The molecule has 1 aromatic carbocycles. The first-order valence-electron chi connectivity index (χ1n) is 7.94. The molecule has 1 aromatic heterocycles. The van der Waals surface area contributed by atoms with Crippen LogP contribution in [0.3, 0.4) is 0 Å². The topological polar surface area (TPSA) is 83.1 Å². The third-order valence-electron chi connectivity index (χ3n) is 4.08. The van der Waals surface area contributed by atoms with Crippen molar-refractivity contribution in [3.05, 3.63) is 66.0 Å². The lowest BCUT2D eigenvalue weighted by molar-refractivity contribution is -0.132. The summed E-state index contributed by atoms with van der Waals surface area (Å²) in [5.74, 6) is -0.325. The molecule has 6 heteroatoms. The number of rotatable bonds is 4. The molecular formula is C18H20N4O2. The highest BCUT2D eigenvalue weighted by atomic mass is 16.2. The second-order valence-electron chi connectivity index (χ2n) is 5.85. The summed E-state index contributed by atoms with van der Waals surface area (Å²) in [7, 11) is 0. The zero-order chi connectivity index (χ0) is 16.9. The summed E-state index contributed by atoms with van der Waals surface area (Å²) in [6.45, 7) is 1.91. The van der Waals surface area contributed by atoms with Gasteiger partial charge in [0, 0.05) is 12.4 Å². The molecule has 2 aromatic rings. The molecule has 3 unspecified atom stereocenters. The first-order valence-corrected chi connectivity index (χ1v) is 7.94. The minimum absolute atomic E-state index is 0.123. The van der Waals surface area contributed by atoms with Gasteiger partial charge in [-0.2, -0.15) is 0 Å². The maximum Gasteiger partial charge on any atom is 0.238 e. The van der Waals surface area contributed by atoms with Crippen LogP contribution in [-0.4, -0.2) is 22.8 Å². The highest BCUT2D eigenvalue weighted by molar-refractivity contribution is 5.89. The molecule has 1 fully saturated rings. The van der Waals surface area contributed by atoms with Crippen LogP contribution in [-0.2, 0) is 9.59 Å². The van der Waals surface area contributed by atoms with Crippen molar-refractivity contribution in [1.29, 1.82) is 0 Å². The van der Waals surface area contributed by atoms with Gasteiger partial charge in [0.25, 0.3) is 0 Å². The van der Waals surface area contributed by atoms with E-state index in [2.05, 4.69) is 20.9 Å². The van der Waals surface area contributed by atoms with Gasteiger partial charge in [-0.25, -0.2) is 0 Å². The highest BCUT2D eigenvalue weighted by Crippen LogP contribution is 2.17. The average molecular weight is 324 g/mol. The molecule has 3 atom stereocenters. The largest absolute Gasteiger partial charge is 0.348 e. The lowest BCUT2D eigenvalue weighted by Crippen LogP contribution is -2.56. The van der Waals surface area contributed by atoms with Gasteiger partial charge in [-0.1, -0.05) is 30.3 Å². The van der Waals surface area contributed by atoms with Crippen LogP contribution in [0, 0.1) is 0 Å². The average Bonchev–Trinajstić information content (AvgIpc) is 2.62. The van der Waals surface area contributed by atoms with Gasteiger partial charge in [0.15, 0.2) is 0 Å². The number of benzene rings is 1. The summed E-state index contributed by atoms with van der Waals surface area (Å²) < 4.78 is 0. The Labute approximate surface area is 140 Å². The van der Waals surface area contributed by atoms with Crippen LogP contribution in [0.15, 0.2) is 54.9 Å². The molecule has 0 radical (unpaired) electrons. The first-order chi connectivity index (χ1) is 11.6. The van der Waals surface area contributed by atoms with Gasteiger partial charge in [-0.3, -0.25) is 19.9 Å². The summed E-state index contributed by atoms with van der Waals surface area (Å²) in [6.07, 6.45) is 3.14. The lowest BCUT2D eigenvalue weighted by Gasteiger charge is -2.31. The molecular weight excluding hydrogens is 304 g/mol. The van der Waals surface area contributed by atoms with Crippen molar-refractivity contribution in [2.45, 2.75) is 31.6 Å². The molecule has 3 rings (SSSR count). The molecule has 2 amide bonds. The van der Waals surface area contributed by atoms with Crippen LogP contribution in [0.2, 0.25) is 0 Å². The SMILES string of the molecule is CC(NC(=O)C1CC(=O)NC(c2ccccc2)N1)c1ccncc1. The molecule has 24 heavy (non-hydrogen) atoms. The molecule has 2 heterocycles. The Morgan fingerprint density at radius 3 is 2.62 bits per heavy atom. The molecule has 0 spiro atoms. The van der Waals surface area contributed by atoms with Crippen molar-refractivity contribution in [1.82, 2.24) is 20.9 Å². The van der Waals surface area contributed by atoms with E-state index in [1.54, 1.807) is 12.4 Å². The van der Waals surface area contributed by atoms with Gasteiger partial charge in [0.1, 0.15) is 6.17 Å². The maximum atomic E-state index is 12.5. The van der Waals surface area contributed by atoms with E-state index < -0.39 is 6.04 Å². The molecule has 0 saturated carbocycles. The Hall–Kier alpha value is -2.73. The molecule has 3 N–H and O–H groups in total. The Balaban J connectivity index is 1.67. The fourth-order valence-corrected chi connectivity index (χ4v) is 2.75. The predicted molar refractivity (Wildman–Crippen MR) is 89.7 cm³/mol. The minimum Gasteiger partial charge on any atom is -0.348 e. The molecule has 1 aliphatic rings. The number of hydrogen-bond donors (Lipinski definition) is 3. The molecule has 0 bridgehead atoms. The van der Waals surface area contributed by atoms with E-state index >= 15 is 0 Å². The van der Waals surface area contributed by atoms with Crippen LogP contribution >= 0.6 is 0 Å². The summed E-state index contributed by atoms with van der Waals surface area (Å²) in [5.41, 5.74) is 1.89. The number of hydrogen-bond acceptors (Lipinski definition) is 4. The second-order valence-corrected chi connectivity index (χ2v) is 5.85. The summed E-state index contributed by atoms with van der Waals surface area (Å²) in [5, 5.41) is 9.01. The minimum atomic E-state index is -0.562. The number of amides is 2. The monoisotopic (exact) mass is 324 g/mol. The van der Waals surface area contributed by atoms with Gasteiger partial charge >= 0.3 is 0 Å². The molecule has 124 valence electrons. The summed E-state index contributed by atoms with van der Waals surface area (Å²) >= 11 is 0. The Kier molecular flexibility index (Phi) is 4.86. The van der Waals surface area contributed by atoms with Gasteiger partial charge in [-0.15, -0.1) is 0 Å². The summed E-state index contributed by atoms with van der Waals surface area (Å²) in [6, 6.07) is 12.6. The van der Waals surface area contributed by atoms with E-state index in [0.29, 0.717) is 0 Å². The molecule has 6 nitrogen and oxygen atoms in total. The quantitative estimate of drug-likeness (QED) is 0.795. The van der Waals surface area contributed by atoms with Gasteiger partial charge in [-0.05, 0) is 30.2 Å². The third kappa shape index (κ3) is 3.78.